The number of carboxylic acids is 1. The van der Waals surface area contributed by atoms with Crippen LogP contribution in [0.3, 0.4) is 0 Å². The van der Waals surface area contributed by atoms with E-state index >= 15 is 0 Å². The lowest BCUT2D eigenvalue weighted by atomic mass is 10.2. The van der Waals surface area contributed by atoms with Crippen molar-refractivity contribution in [3.8, 4) is 0 Å². The topological polar surface area (TPSA) is 79.5 Å². The highest BCUT2D eigenvalue weighted by Gasteiger charge is 2.07. The van der Waals surface area contributed by atoms with Gasteiger partial charge < -0.3 is 14.8 Å². The fourth-order valence-electron chi connectivity index (χ4n) is 1.29. The maximum absolute atomic E-state index is 11.6. The highest BCUT2D eigenvalue weighted by Crippen LogP contribution is 2.11. The fraction of sp³-hybridized carbons (Fsp3) is 0. The van der Waals surface area contributed by atoms with Crippen molar-refractivity contribution < 1.29 is 19.1 Å². The molecule has 0 aliphatic heterocycles. The van der Waals surface area contributed by atoms with E-state index in [9.17, 15) is 9.59 Å². The lowest BCUT2D eigenvalue weighted by Crippen LogP contribution is -2.10. The van der Waals surface area contributed by atoms with Gasteiger partial charge in [-0.15, -0.1) is 0 Å². The summed E-state index contributed by atoms with van der Waals surface area (Å²) in [6, 6.07) is 7.45. The summed E-state index contributed by atoms with van der Waals surface area (Å²) < 4.78 is 4.79. The molecule has 1 heterocycles. The molecule has 5 nitrogen and oxygen atoms in total. The van der Waals surface area contributed by atoms with Gasteiger partial charge in [0.25, 0.3) is 5.91 Å². The van der Waals surface area contributed by atoms with Crippen LogP contribution in [0.4, 0.5) is 5.69 Å². The van der Waals surface area contributed by atoms with E-state index < -0.39 is 5.97 Å². The van der Waals surface area contributed by atoms with Gasteiger partial charge in [0, 0.05) is 5.69 Å². The average molecular weight is 231 g/mol. The zero-order valence-corrected chi connectivity index (χ0v) is 8.71. The Bertz CT molecular complexity index is 528. The Morgan fingerprint density at radius 1 is 1.06 bits per heavy atom. The molecule has 2 rings (SSSR count). The molecule has 0 saturated carbocycles. The summed E-state index contributed by atoms with van der Waals surface area (Å²) in [7, 11) is 0. The Morgan fingerprint density at radius 3 is 2.29 bits per heavy atom. The van der Waals surface area contributed by atoms with E-state index in [1.807, 2.05) is 0 Å². The molecule has 1 amide bonds. The summed E-state index contributed by atoms with van der Waals surface area (Å²) in [6.45, 7) is 0. The first-order valence-electron chi connectivity index (χ1n) is 4.84. The van der Waals surface area contributed by atoms with Gasteiger partial charge in [0.1, 0.15) is 6.26 Å². The number of rotatable bonds is 3. The van der Waals surface area contributed by atoms with Crippen molar-refractivity contribution in [1.82, 2.24) is 0 Å². The second-order valence-electron chi connectivity index (χ2n) is 3.35. The number of amides is 1. The van der Waals surface area contributed by atoms with E-state index in [4.69, 9.17) is 9.52 Å². The third-order valence-electron chi connectivity index (χ3n) is 2.17. The predicted molar refractivity (Wildman–Crippen MR) is 60.1 cm³/mol. The number of benzene rings is 1. The van der Waals surface area contributed by atoms with E-state index in [0.29, 0.717) is 11.3 Å². The van der Waals surface area contributed by atoms with Crippen molar-refractivity contribution >= 4 is 17.6 Å². The summed E-state index contributed by atoms with van der Waals surface area (Å²) >= 11 is 0. The normalized spacial score (nSPS) is 9.88. The third-order valence-corrected chi connectivity index (χ3v) is 2.17. The second kappa shape index (κ2) is 4.52. The van der Waals surface area contributed by atoms with Gasteiger partial charge in [0.2, 0.25) is 0 Å². The first-order chi connectivity index (χ1) is 8.16. The molecule has 1 aromatic heterocycles. The summed E-state index contributed by atoms with van der Waals surface area (Å²) in [6.07, 6.45) is 2.74. The zero-order chi connectivity index (χ0) is 12.3. The molecule has 2 aromatic rings. The lowest BCUT2D eigenvalue weighted by Gasteiger charge is -2.03. The summed E-state index contributed by atoms with van der Waals surface area (Å²) in [5, 5.41) is 11.3. The van der Waals surface area contributed by atoms with Gasteiger partial charge in [-0.05, 0) is 30.3 Å². The van der Waals surface area contributed by atoms with Crippen LogP contribution in [0.5, 0.6) is 0 Å². The lowest BCUT2D eigenvalue weighted by molar-refractivity contribution is 0.0696. The Morgan fingerprint density at radius 2 is 1.76 bits per heavy atom. The molecule has 1 aromatic carbocycles. The molecule has 0 aliphatic rings. The molecule has 0 unspecified atom stereocenters. The molecular weight excluding hydrogens is 222 g/mol. The van der Waals surface area contributed by atoms with E-state index in [0.717, 1.165) is 0 Å². The number of carbonyl (C=O) groups is 2. The number of aromatic carboxylic acids is 1. The molecule has 5 heteroatoms. The van der Waals surface area contributed by atoms with E-state index in [-0.39, 0.29) is 11.5 Å². The molecule has 0 saturated heterocycles. The summed E-state index contributed by atoms with van der Waals surface area (Å²) in [5.41, 5.74) is 1.11. The van der Waals surface area contributed by atoms with Crippen LogP contribution in [0.15, 0.2) is 47.3 Å². The monoisotopic (exact) mass is 231 g/mol. The number of anilines is 1. The van der Waals surface area contributed by atoms with Gasteiger partial charge in [-0.1, -0.05) is 0 Å². The number of furan rings is 1. The third kappa shape index (κ3) is 2.52. The van der Waals surface area contributed by atoms with Crippen molar-refractivity contribution in [2.24, 2.45) is 0 Å². The molecule has 0 bridgehead atoms. The highest BCUT2D eigenvalue weighted by molar-refractivity contribution is 6.04. The van der Waals surface area contributed by atoms with Gasteiger partial charge in [-0.3, -0.25) is 4.79 Å². The molecule has 0 atom stereocenters. The van der Waals surface area contributed by atoms with Crippen LogP contribution in [0.2, 0.25) is 0 Å². The van der Waals surface area contributed by atoms with Crippen molar-refractivity contribution in [2.45, 2.75) is 0 Å². The van der Waals surface area contributed by atoms with E-state index in [1.54, 1.807) is 6.07 Å². The van der Waals surface area contributed by atoms with Gasteiger partial charge in [0.15, 0.2) is 0 Å². The molecule has 0 spiro atoms. The van der Waals surface area contributed by atoms with Crippen LogP contribution in [0.25, 0.3) is 0 Å². The largest absolute Gasteiger partial charge is 0.478 e. The number of carboxylic acid groups (broad SMARTS) is 1. The van der Waals surface area contributed by atoms with Crippen LogP contribution in [-0.4, -0.2) is 17.0 Å². The average Bonchev–Trinajstić information content (AvgIpc) is 2.83. The molecule has 86 valence electrons. The minimum Gasteiger partial charge on any atom is -0.478 e. The molecular formula is C12H9NO4. The van der Waals surface area contributed by atoms with E-state index in [1.165, 1.54) is 36.8 Å². The van der Waals surface area contributed by atoms with Crippen molar-refractivity contribution in [3.05, 3.63) is 54.0 Å². The Kier molecular flexibility index (Phi) is 2.91. The number of hydrogen-bond acceptors (Lipinski definition) is 3. The van der Waals surface area contributed by atoms with Crippen LogP contribution in [0.1, 0.15) is 20.7 Å². The maximum Gasteiger partial charge on any atom is 0.335 e. The van der Waals surface area contributed by atoms with Crippen LogP contribution < -0.4 is 5.32 Å². The highest BCUT2D eigenvalue weighted by atomic mass is 16.4. The van der Waals surface area contributed by atoms with Crippen LogP contribution >= 0.6 is 0 Å². The number of hydrogen-bond donors (Lipinski definition) is 2. The predicted octanol–water partition coefficient (Wildman–Crippen LogP) is 2.23. The fourth-order valence-corrected chi connectivity index (χ4v) is 1.29. The van der Waals surface area contributed by atoms with Gasteiger partial charge in [-0.2, -0.15) is 0 Å². The Balaban J connectivity index is 2.09. The number of nitrogens with one attached hydrogen (secondary N) is 1. The molecule has 17 heavy (non-hydrogen) atoms. The first kappa shape index (κ1) is 10.9. The van der Waals surface area contributed by atoms with Gasteiger partial charge in [0.05, 0.1) is 17.4 Å². The summed E-state index contributed by atoms with van der Waals surface area (Å²) in [5.74, 6) is -1.31. The summed E-state index contributed by atoms with van der Waals surface area (Å²) in [4.78, 5) is 22.2. The molecule has 0 radical (unpaired) electrons. The second-order valence-corrected chi connectivity index (χ2v) is 3.35. The van der Waals surface area contributed by atoms with Crippen LogP contribution in [0, 0.1) is 0 Å². The Labute approximate surface area is 96.7 Å². The van der Waals surface area contributed by atoms with Crippen molar-refractivity contribution in [2.75, 3.05) is 5.32 Å². The van der Waals surface area contributed by atoms with Gasteiger partial charge >= 0.3 is 5.97 Å². The zero-order valence-electron chi connectivity index (χ0n) is 8.71. The molecule has 2 N–H and O–H groups in total. The molecule has 0 aliphatic carbocycles. The minimum atomic E-state index is -1.00. The standard InChI is InChI=1S/C12H9NO4/c14-11(9-5-6-17-7-9)13-10-3-1-8(2-4-10)12(15)16/h1-7H,(H,13,14)(H,15,16). The van der Waals surface area contributed by atoms with Gasteiger partial charge in [-0.25, -0.2) is 4.79 Å². The number of carbonyl (C=O) groups excluding carboxylic acids is 1. The van der Waals surface area contributed by atoms with E-state index in [2.05, 4.69) is 5.32 Å². The van der Waals surface area contributed by atoms with Crippen molar-refractivity contribution in [3.63, 3.8) is 0 Å². The Hall–Kier alpha value is -2.56. The maximum atomic E-state index is 11.6. The quantitative estimate of drug-likeness (QED) is 0.848. The molecule has 0 fully saturated rings. The van der Waals surface area contributed by atoms with Crippen LogP contribution in [-0.2, 0) is 0 Å². The SMILES string of the molecule is O=C(O)c1ccc(NC(=O)c2ccoc2)cc1. The minimum absolute atomic E-state index is 0.173. The first-order valence-corrected chi connectivity index (χ1v) is 4.84. The van der Waals surface area contributed by atoms with Crippen molar-refractivity contribution in [1.29, 1.82) is 0 Å². The smallest absolute Gasteiger partial charge is 0.335 e.